The number of nitrogens with zero attached hydrogens (tertiary/aromatic N) is 3. The number of fused-ring (bicyclic) bond motifs is 1. The SMILES string of the molecule is CN(C)CC(C)(C)CNC(=O)c1cncc2cccnc12. The summed E-state index contributed by atoms with van der Waals surface area (Å²) in [5.41, 5.74) is 1.22. The monoisotopic (exact) mass is 286 g/mol. The molecule has 0 saturated carbocycles. The first-order valence-corrected chi connectivity index (χ1v) is 7.01. The van der Waals surface area contributed by atoms with E-state index in [-0.39, 0.29) is 11.3 Å². The van der Waals surface area contributed by atoms with Crippen molar-refractivity contribution in [3.63, 3.8) is 0 Å². The van der Waals surface area contributed by atoms with Crippen molar-refractivity contribution in [3.05, 3.63) is 36.3 Å². The van der Waals surface area contributed by atoms with E-state index in [1.165, 1.54) is 0 Å². The predicted molar refractivity (Wildman–Crippen MR) is 84.2 cm³/mol. The van der Waals surface area contributed by atoms with Crippen LogP contribution in [0.5, 0.6) is 0 Å². The minimum Gasteiger partial charge on any atom is -0.351 e. The Kier molecular flexibility index (Phi) is 4.53. The number of hydrogen-bond acceptors (Lipinski definition) is 4. The van der Waals surface area contributed by atoms with Crippen molar-refractivity contribution in [1.29, 1.82) is 0 Å². The van der Waals surface area contributed by atoms with Crippen LogP contribution in [0.25, 0.3) is 10.9 Å². The highest BCUT2D eigenvalue weighted by atomic mass is 16.1. The summed E-state index contributed by atoms with van der Waals surface area (Å²) in [6, 6.07) is 3.74. The summed E-state index contributed by atoms with van der Waals surface area (Å²) in [4.78, 5) is 22.9. The van der Waals surface area contributed by atoms with Crippen molar-refractivity contribution in [2.75, 3.05) is 27.2 Å². The molecule has 2 aromatic heterocycles. The number of carbonyl (C=O) groups is 1. The standard InChI is InChI=1S/C16H22N4O/c1-16(2,11-20(3)4)10-19-15(21)13-9-17-8-12-6-5-7-18-14(12)13/h5-9H,10-11H2,1-4H3,(H,19,21). The molecule has 0 saturated heterocycles. The average molecular weight is 286 g/mol. The van der Waals surface area contributed by atoms with Crippen molar-refractivity contribution in [2.24, 2.45) is 5.41 Å². The van der Waals surface area contributed by atoms with E-state index in [1.54, 1.807) is 18.6 Å². The number of pyridine rings is 2. The number of carbonyl (C=O) groups excluding carboxylic acids is 1. The Labute approximate surface area is 125 Å². The highest BCUT2D eigenvalue weighted by Crippen LogP contribution is 2.16. The molecule has 0 aliphatic carbocycles. The third kappa shape index (κ3) is 3.98. The molecule has 0 unspecified atom stereocenters. The second-order valence-corrected chi connectivity index (χ2v) is 6.35. The maximum Gasteiger partial charge on any atom is 0.255 e. The highest BCUT2D eigenvalue weighted by molar-refractivity contribution is 6.04. The molecule has 112 valence electrons. The van der Waals surface area contributed by atoms with Gasteiger partial charge in [-0.25, -0.2) is 0 Å². The van der Waals surface area contributed by atoms with E-state index in [9.17, 15) is 4.79 Å². The Balaban J connectivity index is 2.13. The van der Waals surface area contributed by atoms with Crippen LogP contribution in [-0.2, 0) is 0 Å². The van der Waals surface area contributed by atoms with Crippen LogP contribution < -0.4 is 5.32 Å². The van der Waals surface area contributed by atoms with E-state index in [0.29, 0.717) is 17.6 Å². The fraction of sp³-hybridized carbons (Fsp3) is 0.438. The predicted octanol–water partition coefficient (Wildman–Crippen LogP) is 1.95. The molecular weight excluding hydrogens is 264 g/mol. The Morgan fingerprint density at radius 2 is 2.10 bits per heavy atom. The summed E-state index contributed by atoms with van der Waals surface area (Å²) < 4.78 is 0. The van der Waals surface area contributed by atoms with Crippen molar-refractivity contribution >= 4 is 16.8 Å². The molecule has 0 fully saturated rings. The van der Waals surface area contributed by atoms with Crippen molar-refractivity contribution in [3.8, 4) is 0 Å². The van der Waals surface area contributed by atoms with Crippen LogP contribution in [0.3, 0.4) is 0 Å². The van der Waals surface area contributed by atoms with E-state index < -0.39 is 0 Å². The van der Waals surface area contributed by atoms with Crippen LogP contribution in [0.1, 0.15) is 24.2 Å². The summed E-state index contributed by atoms with van der Waals surface area (Å²) in [5, 5.41) is 3.86. The van der Waals surface area contributed by atoms with Crippen LogP contribution in [0.2, 0.25) is 0 Å². The molecule has 0 aliphatic rings. The van der Waals surface area contributed by atoms with Gasteiger partial charge in [-0.3, -0.25) is 14.8 Å². The van der Waals surface area contributed by atoms with Gasteiger partial charge in [0.2, 0.25) is 0 Å². The normalized spacial score (nSPS) is 11.9. The lowest BCUT2D eigenvalue weighted by molar-refractivity contribution is 0.0930. The lowest BCUT2D eigenvalue weighted by Gasteiger charge is -2.28. The average Bonchev–Trinajstić information content (AvgIpc) is 2.43. The van der Waals surface area contributed by atoms with Gasteiger partial charge in [0.15, 0.2) is 0 Å². The van der Waals surface area contributed by atoms with Crippen molar-refractivity contribution < 1.29 is 4.79 Å². The van der Waals surface area contributed by atoms with Gasteiger partial charge in [-0.1, -0.05) is 13.8 Å². The molecule has 1 N–H and O–H groups in total. The molecule has 0 spiro atoms. The van der Waals surface area contributed by atoms with Gasteiger partial charge in [-0.2, -0.15) is 0 Å². The number of rotatable bonds is 5. The topological polar surface area (TPSA) is 58.1 Å². The van der Waals surface area contributed by atoms with Gasteiger partial charge < -0.3 is 10.2 Å². The molecule has 0 atom stereocenters. The van der Waals surface area contributed by atoms with Gasteiger partial charge in [0.1, 0.15) is 0 Å². The lowest BCUT2D eigenvalue weighted by Crippen LogP contribution is -2.40. The molecule has 0 aliphatic heterocycles. The molecular formula is C16H22N4O. The fourth-order valence-corrected chi connectivity index (χ4v) is 2.49. The van der Waals surface area contributed by atoms with E-state index in [2.05, 4.69) is 34.0 Å². The van der Waals surface area contributed by atoms with Crippen LogP contribution in [0.4, 0.5) is 0 Å². The number of aromatic nitrogens is 2. The second-order valence-electron chi connectivity index (χ2n) is 6.35. The zero-order valence-corrected chi connectivity index (χ0v) is 13.1. The largest absolute Gasteiger partial charge is 0.351 e. The summed E-state index contributed by atoms with van der Waals surface area (Å²) in [5.74, 6) is -0.126. The zero-order chi connectivity index (χ0) is 15.5. The Hall–Kier alpha value is -2.01. The minimum absolute atomic E-state index is 0.00456. The molecule has 2 rings (SSSR count). The molecule has 1 amide bonds. The van der Waals surface area contributed by atoms with E-state index in [4.69, 9.17) is 0 Å². The van der Waals surface area contributed by atoms with Crippen LogP contribution in [-0.4, -0.2) is 48.0 Å². The van der Waals surface area contributed by atoms with Gasteiger partial charge in [0, 0.05) is 37.1 Å². The van der Waals surface area contributed by atoms with E-state index in [1.807, 2.05) is 26.2 Å². The first-order valence-electron chi connectivity index (χ1n) is 7.01. The molecule has 0 bridgehead atoms. The summed E-state index contributed by atoms with van der Waals surface area (Å²) >= 11 is 0. The van der Waals surface area contributed by atoms with E-state index >= 15 is 0 Å². The van der Waals surface area contributed by atoms with Crippen LogP contribution in [0, 0.1) is 5.41 Å². The second kappa shape index (κ2) is 6.18. The molecule has 0 radical (unpaired) electrons. The van der Waals surface area contributed by atoms with Gasteiger partial charge in [0.25, 0.3) is 5.91 Å². The molecule has 5 nitrogen and oxygen atoms in total. The molecule has 5 heteroatoms. The van der Waals surface area contributed by atoms with Crippen molar-refractivity contribution in [2.45, 2.75) is 13.8 Å². The number of amides is 1. The molecule has 21 heavy (non-hydrogen) atoms. The molecule has 2 aromatic rings. The smallest absolute Gasteiger partial charge is 0.255 e. The minimum atomic E-state index is -0.126. The maximum atomic E-state index is 12.4. The third-order valence-electron chi connectivity index (χ3n) is 3.23. The number of hydrogen-bond donors (Lipinski definition) is 1. The van der Waals surface area contributed by atoms with Gasteiger partial charge in [-0.05, 0) is 31.6 Å². The van der Waals surface area contributed by atoms with Gasteiger partial charge in [0.05, 0.1) is 11.1 Å². The Bertz CT molecular complexity index is 632. The first-order chi connectivity index (χ1) is 9.89. The summed E-state index contributed by atoms with van der Waals surface area (Å²) in [6.45, 7) is 5.77. The van der Waals surface area contributed by atoms with Crippen LogP contribution in [0.15, 0.2) is 30.7 Å². The summed E-state index contributed by atoms with van der Waals surface area (Å²) in [6.07, 6.45) is 4.98. The number of nitrogens with one attached hydrogen (secondary N) is 1. The maximum absolute atomic E-state index is 12.4. The highest BCUT2D eigenvalue weighted by Gasteiger charge is 2.21. The van der Waals surface area contributed by atoms with Gasteiger partial charge in [-0.15, -0.1) is 0 Å². The lowest BCUT2D eigenvalue weighted by atomic mass is 9.93. The van der Waals surface area contributed by atoms with Crippen LogP contribution >= 0.6 is 0 Å². The molecule has 0 aromatic carbocycles. The third-order valence-corrected chi connectivity index (χ3v) is 3.23. The quantitative estimate of drug-likeness (QED) is 0.912. The zero-order valence-electron chi connectivity index (χ0n) is 13.1. The first kappa shape index (κ1) is 15.4. The van der Waals surface area contributed by atoms with Crippen molar-refractivity contribution in [1.82, 2.24) is 20.2 Å². The Morgan fingerprint density at radius 1 is 1.33 bits per heavy atom. The fourth-order valence-electron chi connectivity index (χ4n) is 2.49. The molecule has 2 heterocycles. The summed E-state index contributed by atoms with van der Waals surface area (Å²) in [7, 11) is 4.06. The Morgan fingerprint density at radius 3 is 2.81 bits per heavy atom. The van der Waals surface area contributed by atoms with E-state index in [0.717, 1.165) is 11.9 Å². The van der Waals surface area contributed by atoms with Gasteiger partial charge >= 0.3 is 0 Å².